The number of carbonyl (C=O) groups is 1. The summed E-state index contributed by atoms with van der Waals surface area (Å²) in [4.78, 5) is 16.0. The van der Waals surface area contributed by atoms with Crippen LogP contribution in [-0.4, -0.2) is 43.9 Å². The Kier molecular flexibility index (Phi) is 4.02. The van der Waals surface area contributed by atoms with Gasteiger partial charge in [0.1, 0.15) is 0 Å². The fourth-order valence-electron chi connectivity index (χ4n) is 2.67. The second kappa shape index (κ2) is 5.53. The Morgan fingerprint density at radius 2 is 2.00 bits per heavy atom. The molecule has 1 unspecified atom stereocenters. The first-order valence-electron chi connectivity index (χ1n) is 6.60. The van der Waals surface area contributed by atoms with Crippen LogP contribution >= 0.6 is 0 Å². The molecule has 0 aromatic heterocycles. The summed E-state index contributed by atoms with van der Waals surface area (Å²) < 4.78 is 0. The minimum absolute atomic E-state index is 0.132. The van der Waals surface area contributed by atoms with E-state index in [1.54, 1.807) is 6.92 Å². The highest BCUT2D eigenvalue weighted by molar-refractivity contribution is 5.94. The third-order valence-electron chi connectivity index (χ3n) is 3.56. The van der Waals surface area contributed by atoms with Crippen LogP contribution in [0.5, 0.6) is 0 Å². The summed E-state index contributed by atoms with van der Waals surface area (Å²) in [6.07, 6.45) is 2.51. The zero-order chi connectivity index (χ0) is 13.1. The van der Waals surface area contributed by atoms with Gasteiger partial charge in [0.2, 0.25) is 0 Å². The van der Waals surface area contributed by atoms with E-state index in [-0.39, 0.29) is 5.78 Å². The largest absolute Gasteiger partial charge is 0.367 e. The predicted octanol–water partition coefficient (Wildman–Crippen LogP) is 2.42. The molecular weight excluding hydrogens is 224 g/mol. The molecular formula is C15H22N2O. The molecule has 0 saturated carbocycles. The Labute approximate surface area is 109 Å². The van der Waals surface area contributed by atoms with Crippen LogP contribution in [0.1, 0.15) is 30.1 Å². The lowest BCUT2D eigenvalue weighted by Crippen LogP contribution is -2.37. The van der Waals surface area contributed by atoms with Crippen molar-refractivity contribution in [2.24, 2.45) is 0 Å². The fraction of sp³-hybridized carbons (Fsp3) is 0.533. The van der Waals surface area contributed by atoms with Crippen molar-refractivity contribution in [1.82, 2.24) is 4.90 Å². The Hall–Kier alpha value is -1.35. The molecule has 1 heterocycles. The van der Waals surface area contributed by atoms with Gasteiger partial charge in [-0.25, -0.2) is 0 Å². The zero-order valence-electron chi connectivity index (χ0n) is 11.5. The van der Waals surface area contributed by atoms with E-state index < -0.39 is 0 Å². The molecule has 0 spiro atoms. The number of benzene rings is 1. The number of anilines is 1. The Morgan fingerprint density at radius 1 is 1.33 bits per heavy atom. The molecule has 1 saturated heterocycles. The monoisotopic (exact) mass is 246 g/mol. The summed E-state index contributed by atoms with van der Waals surface area (Å²) in [6.45, 7) is 3.83. The molecule has 1 aromatic rings. The van der Waals surface area contributed by atoms with E-state index in [2.05, 4.69) is 36.0 Å². The SMILES string of the molecule is CC(=O)c1ccc(N2CCCC2CN(C)C)cc1. The van der Waals surface area contributed by atoms with Gasteiger partial charge in [-0.1, -0.05) is 0 Å². The van der Waals surface area contributed by atoms with E-state index in [0.717, 1.165) is 18.7 Å². The first-order valence-corrected chi connectivity index (χ1v) is 6.60. The van der Waals surface area contributed by atoms with Gasteiger partial charge in [-0.3, -0.25) is 4.79 Å². The van der Waals surface area contributed by atoms with Crippen molar-refractivity contribution in [3.8, 4) is 0 Å². The zero-order valence-corrected chi connectivity index (χ0v) is 11.5. The van der Waals surface area contributed by atoms with Crippen molar-refractivity contribution in [3.63, 3.8) is 0 Å². The number of rotatable bonds is 4. The summed E-state index contributed by atoms with van der Waals surface area (Å²) in [5.41, 5.74) is 2.03. The summed E-state index contributed by atoms with van der Waals surface area (Å²) in [7, 11) is 4.24. The number of carbonyl (C=O) groups excluding carboxylic acids is 1. The minimum Gasteiger partial charge on any atom is -0.367 e. The standard InChI is InChI=1S/C15H22N2O/c1-12(18)13-6-8-14(9-7-13)17-10-4-5-15(17)11-16(2)3/h6-9,15H,4-5,10-11H2,1-3H3. The average Bonchev–Trinajstić information content (AvgIpc) is 2.76. The topological polar surface area (TPSA) is 23.6 Å². The first-order chi connectivity index (χ1) is 8.58. The predicted molar refractivity (Wildman–Crippen MR) is 75.4 cm³/mol. The third kappa shape index (κ3) is 2.91. The summed E-state index contributed by atoms with van der Waals surface area (Å²) in [6, 6.07) is 8.61. The van der Waals surface area contributed by atoms with Crippen LogP contribution in [0.15, 0.2) is 24.3 Å². The van der Waals surface area contributed by atoms with Gasteiger partial charge in [0.05, 0.1) is 0 Å². The van der Waals surface area contributed by atoms with Gasteiger partial charge in [0, 0.05) is 30.4 Å². The molecule has 0 amide bonds. The van der Waals surface area contributed by atoms with Crippen molar-refractivity contribution < 1.29 is 4.79 Å². The van der Waals surface area contributed by atoms with Crippen molar-refractivity contribution in [2.75, 3.05) is 32.1 Å². The molecule has 0 radical (unpaired) electrons. The van der Waals surface area contributed by atoms with E-state index in [1.165, 1.54) is 18.5 Å². The van der Waals surface area contributed by atoms with Crippen LogP contribution in [-0.2, 0) is 0 Å². The van der Waals surface area contributed by atoms with Crippen molar-refractivity contribution in [3.05, 3.63) is 29.8 Å². The lowest BCUT2D eigenvalue weighted by Gasteiger charge is -2.29. The number of hydrogen-bond donors (Lipinski definition) is 0. The van der Waals surface area contributed by atoms with Crippen LogP contribution < -0.4 is 4.90 Å². The highest BCUT2D eigenvalue weighted by Crippen LogP contribution is 2.26. The van der Waals surface area contributed by atoms with Crippen molar-refractivity contribution >= 4 is 11.5 Å². The molecule has 98 valence electrons. The van der Waals surface area contributed by atoms with Gasteiger partial charge in [-0.05, 0) is 58.1 Å². The van der Waals surface area contributed by atoms with Gasteiger partial charge >= 0.3 is 0 Å². The number of nitrogens with zero attached hydrogens (tertiary/aromatic N) is 2. The summed E-state index contributed by atoms with van der Waals surface area (Å²) in [5.74, 6) is 0.132. The van der Waals surface area contributed by atoms with Crippen molar-refractivity contribution in [2.45, 2.75) is 25.8 Å². The van der Waals surface area contributed by atoms with Crippen LogP contribution in [0.2, 0.25) is 0 Å². The average molecular weight is 246 g/mol. The molecule has 3 nitrogen and oxygen atoms in total. The Morgan fingerprint density at radius 3 is 2.56 bits per heavy atom. The highest BCUT2D eigenvalue weighted by Gasteiger charge is 2.24. The van der Waals surface area contributed by atoms with Crippen LogP contribution in [0.25, 0.3) is 0 Å². The van der Waals surface area contributed by atoms with E-state index in [1.807, 2.05) is 12.1 Å². The molecule has 3 heteroatoms. The van der Waals surface area contributed by atoms with E-state index >= 15 is 0 Å². The second-order valence-corrected chi connectivity index (χ2v) is 5.35. The molecule has 0 aliphatic carbocycles. The van der Waals surface area contributed by atoms with Crippen LogP contribution in [0.4, 0.5) is 5.69 Å². The molecule has 0 N–H and O–H groups in total. The number of Topliss-reactive ketones (excluding diaryl/α,β-unsaturated/α-hetero) is 1. The van der Waals surface area contributed by atoms with E-state index in [0.29, 0.717) is 6.04 Å². The first kappa shape index (κ1) is 13.1. The molecule has 1 aliphatic rings. The van der Waals surface area contributed by atoms with Gasteiger partial charge in [-0.15, -0.1) is 0 Å². The van der Waals surface area contributed by atoms with Crippen LogP contribution in [0, 0.1) is 0 Å². The second-order valence-electron chi connectivity index (χ2n) is 5.35. The van der Waals surface area contributed by atoms with Gasteiger partial charge in [0.25, 0.3) is 0 Å². The number of likely N-dealkylation sites (N-methyl/N-ethyl adjacent to an activating group) is 1. The lowest BCUT2D eigenvalue weighted by atomic mass is 10.1. The highest BCUT2D eigenvalue weighted by atomic mass is 16.1. The minimum atomic E-state index is 0.132. The van der Waals surface area contributed by atoms with Crippen molar-refractivity contribution in [1.29, 1.82) is 0 Å². The van der Waals surface area contributed by atoms with E-state index in [4.69, 9.17) is 0 Å². The molecule has 1 aliphatic heterocycles. The molecule has 2 rings (SSSR count). The lowest BCUT2D eigenvalue weighted by molar-refractivity contribution is 0.101. The molecule has 0 bridgehead atoms. The summed E-state index contributed by atoms with van der Waals surface area (Å²) in [5, 5.41) is 0. The Balaban J connectivity index is 2.12. The smallest absolute Gasteiger partial charge is 0.159 e. The quantitative estimate of drug-likeness (QED) is 0.762. The van der Waals surface area contributed by atoms with Gasteiger partial charge in [-0.2, -0.15) is 0 Å². The number of ketones is 1. The maximum atomic E-state index is 11.3. The maximum Gasteiger partial charge on any atom is 0.159 e. The Bertz CT molecular complexity index is 411. The van der Waals surface area contributed by atoms with Gasteiger partial charge < -0.3 is 9.80 Å². The molecule has 18 heavy (non-hydrogen) atoms. The van der Waals surface area contributed by atoms with E-state index in [9.17, 15) is 4.79 Å². The van der Waals surface area contributed by atoms with Gasteiger partial charge in [0.15, 0.2) is 5.78 Å². The fourth-order valence-corrected chi connectivity index (χ4v) is 2.67. The number of hydrogen-bond acceptors (Lipinski definition) is 3. The normalized spacial score (nSPS) is 19.6. The molecule has 1 fully saturated rings. The maximum absolute atomic E-state index is 11.3. The third-order valence-corrected chi connectivity index (χ3v) is 3.56. The summed E-state index contributed by atoms with van der Waals surface area (Å²) >= 11 is 0. The molecule has 1 aromatic carbocycles. The molecule has 1 atom stereocenters. The van der Waals surface area contributed by atoms with Crippen LogP contribution in [0.3, 0.4) is 0 Å².